The van der Waals surface area contributed by atoms with E-state index in [1.165, 1.54) is 22.4 Å². The number of nitrogens with zero attached hydrogens (tertiary/aromatic N) is 3. The van der Waals surface area contributed by atoms with Crippen LogP contribution in [0.2, 0.25) is 0 Å². The molecule has 3 aromatic heterocycles. The number of fused-ring (bicyclic) bond motifs is 3. The highest BCUT2D eigenvalue weighted by molar-refractivity contribution is 7.98. The molecule has 7 heteroatoms. The summed E-state index contributed by atoms with van der Waals surface area (Å²) in [7, 11) is 0. The van der Waals surface area contributed by atoms with Gasteiger partial charge in [0.15, 0.2) is 5.16 Å². The Balaban J connectivity index is 1.68. The molecule has 0 N–H and O–H groups in total. The Hall–Kier alpha value is -2.38. The number of thioether (sulfide) groups is 1. The molecule has 1 aromatic carbocycles. The van der Waals surface area contributed by atoms with Gasteiger partial charge in [0.1, 0.15) is 10.6 Å². The number of hydrogen-bond donors (Lipinski definition) is 0. The summed E-state index contributed by atoms with van der Waals surface area (Å²) >= 11 is 3.26. The van der Waals surface area contributed by atoms with Crippen LogP contribution in [0, 0.1) is 20.8 Å². The summed E-state index contributed by atoms with van der Waals surface area (Å²) in [5.41, 5.74) is 5.24. The molecule has 0 aliphatic heterocycles. The van der Waals surface area contributed by atoms with Crippen LogP contribution >= 0.6 is 23.1 Å². The minimum atomic E-state index is 0.0458. The molecule has 154 valence electrons. The average Bonchev–Trinajstić information content (AvgIpc) is 3.27. The van der Waals surface area contributed by atoms with E-state index in [2.05, 4.69) is 12.1 Å². The molecule has 0 amide bonds. The molecule has 4 aromatic rings. The quantitative estimate of drug-likeness (QED) is 0.310. The van der Waals surface area contributed by atoms with Crippen molar-refractivity contribution in [3.05, 3.63) is 67.6 Å². The lowest BCUT2D eigenvalue weighted by atomic mass is 9.97. The fourth-order valence-electron chi connectivity index (χ4n) is 4.05. The third-order valence-corrected chi connectivity index (χ3v) is 7.93. The van der Waals surface area contributed by atoms with Crippen LogP contribution in [-0.2, 0) is 18.6 Å². The minimum Gasteiger partial charge on any atom is -0.361 e. The van der Waals surface area contributed by atoms with Gasteiger partial charge in [0.25, 0.3) is 5.56 Å². The maximum absolute atomic E-state index is 13.7. The van der Waals surface area contributed by atoms with E-state index in [1.807, 2.05) is 38.1 Å². The number of hydrogen-bond acceptors (Lipinski definition) is 6. The van der Waals surface area contributed by atoms with Crippen LogP contribution in [0.5, 0.6) is 0 Å². The molecule has 0 unspecified atom stereocenters. The van der Waals surface area contributed by atoms with Gasteiger partial charge in [-0.1, -0.05) is 34.6 Å². The Bertz CT molecular complexity index is 1280. The van der Waals surface area contributed by atoms with Gasteiger partial charge in [-0.15, -0.1) is 11.3 Å². The van der Waals surface area contributed by atoms with Crippen LogP contribution < -0.4 is 5.56 Å². The SMILES string of the molecule is Cc1ccc(-n2c(SCc3c(C)noc3C)nc3sc4c(c3c2=O)CCCC4)cc1. The highest BCUT2D eigenvalue weighted by atomic mass is 32.2. The number of aryl methyl sites for hydroxylation is 5. The molecule has 0 saturated heterocycles. The van der Waals surface area contributed by atoms with Gasteiger partial charge in [-0.3, -0.25) is 9.36 Å². The lowest BCUT2D eigenvalue weighted by Crippen LogP contribution is -2.22. The first kappa shape index (κ1) is 19.6. The molecule has 0 radical (unpaired) electrons. The second-order valence-electron chi connectivity index (χ2n) is 7.85. The summed E-state index contributed by atoms with van der Waals surface area (Å²) in [5, 5.41) is 5.59. The largest absolute Gasteiger partial charge is 0.361 e. The predicted molar refractivity (Wildman–Crippen MR) is 122 cm³/mol. The highest BCUT2D eigenvalue weighted by Gasteiger charge is 2.23. The van der Waals surface area contributed by atoms with E-state index < -0.39 is 0 Å². The fraction of sp³-hybridized carbons (Fsp3) is 0.348. The zero-order valence-corrected chi connectivity index (χ0v) is 19.0. The van der Waals surface area contributed by atoms with Crippen molar-refractivity contribution in [2.24, 2.45) is 0 Å². The van der Waals surface area contributed by atoms with Crippen molar-refractivity contribution in [2.75, 3.05) is 0 Å². The van der Waals surface area contributed by atoms with Crippen molar-refractivity contribution < 1.29 is 4.52 Å². The van der Waals surface area contributed by atoms with Crippen LogP contribution in [0.1, 0.15) is 45.9 Å². The van der Waals surface area contributed by atoms with Gasteiger partial charge in [0, 0.05) is 16.2 Å². The van der Waals surface area contributed by atoms with Crippen molar-refractivity contribution >= 4 is 33.3 Å². The summed E-state index contributed by atoms with van der Waals surface area (Å²) in [4.78, 5) is 20.9. The molecular weight excluding hydrogens is 414 g/mol. The topological polar surface area (TPSA) is 60.9 Å². The van der Waals surface area contributed by atoms with Crippen LogP contribution in [0.25, 0.3) is 15.9 Å². The zero-order chi connectivity index (χ0) is 20.8. The molecule has 0 fully saturated rings. The predicted octanol–water partition coefficient (Wildman–Crippen LogP) is 5.53. The summed E-state index contributed by atoms with van der Waals surface area (Å²) in [6.07, 6.45) is 4.37. The van der Waals surface area contributed by atoms with Gasteiger partial charge in [-0.2, -0.15) is 0 Å². The normalized spacial score (nSPS) is 13.7. The number of thiophene rings is 1. The van der Waals surface area contributed by atoms with Crippen LogP contribution in [0.15, 0.2) is 38.7 Å². The molecule has 0 spiro atoms. The molecule has 3 heterocycles. The smallest absolute Gasteiger partial charge is 0.267 e. The van der Waals surface area contributed by atoms with Gasteiger partial charge >= 0.3 is 0 Å². The zero-order valence-electron chi connectivity index (χ0n) is 17.3. The van der Waals surface area contributed by atoms with Gasteiger partial charge in [0.2, 0.25) is 0 Å². The maximum atomic E-state index is 13.7. The third-order valence-electron chi connectivity index (χ3n) is 5.78. The molecule has 0 bridgehead atoms. The van der Waals surface area contributed by atoms with E-state index in [4.69, 9.17) is 9.51 Å². The van der Waals surface area contributed by atoms with Gasteiger partial charge in [-0.05, 0) is 64.2 Å². The van der Waals surface area contributed by atoms with Crippen molar-refractivity contribution in [3.63, 3.8) is 0 Å². The molecule has 5 nitrogen and oxygen atoms in total. The Morgan fingerprint density at radius 3 is 2.63 bits per heavy atom. The first-order valence-electron chi connectivity index (χ1n) is 10.2. The second-order valence-corrected chi connectivity index (χ2v) is 9.88. The Morgan fingerprint density at radius 2 is 1.90 bits per heavy atom. The summed E-state index contributed by atoms with van der Waals surface area (Å²) in [6.45, 7) is 5.92. The average molecular weight is 438 g/mol. The second kappa shape index (κ2) is 7.71. The Morgan fingerprint density at radius 1 is 1.13 bits per heavy atom. The van der Waals surface area contributed by atoms with E-state index in [9.17, 15) is 4.79 Å². The lowest BCUT2D eigenvalue weighted by Gasteiger charge is -2.14. The summed E-state index contributed by atoms with van der Waals surface area (Å²) in [5.74, 6) is 1.48. The Labute approximate surface area is 183 Å². The molecule has 0 saturated carbocycles. The maximum Gasteiger partial charge on any atom is 0.267 e. The number of benzene rings is 1. The lowest BCUT2D eigenvalue weighted by molar-refractivity contribution is 0.392. The summed E-state index contributed by atoms with van der Waals surface area (Å²) < 4.78 is 7.09. The number of rotatable bonds is 4. The van der Waals surface area contributed by atoms with Crippen molar-refractivity contribution in [1.82, 2.24) is 14.7 Å². The van der Waals surface area contributed by atoms with Crippen molar-refractivity contribution in [2.45, 2.75) is 57.4 Å². The van der Waals surface area contributed by atoms with E-state index in [1.54, 1.807) is 27.7 Å². The first-order valence-corrected chi connectivity index (χ1v) is 12.0. The fourth-order valence-corrected chi connectivity index (χ4v) is 6.52. The van der Waals surface area contributed by atoms with Gasteiger partial charge in [0.05, 0.1) is 16.8 Å². The Kier molecular flexibility index (Phi) is 5.03. The molecular formula is C23H23N3O2S2. The monoisotopic (exact) mass is 437 g/mol. The highest BCUT2D eigenvalue weighted by Crippen LogP contribution is 2.36. The minimum absolute atomic E-state index is 0.0458. The van der Waals surface area contributed by atoms with E-state index >= 15 is 0 Å². The van der Waals surface area contributed by atoms with Gasteiger partial charge in [-0.25, -0.2) is 4.98 Å². The van der Waals surface area contributed by atoms with E-state index in [-0.39, 0.29) is 5.56 Å². The van der Waals surface area contributed by atoms with Crippen LogP contribution in [0.4, 0.5) is 0 Å². The molecule has 30 heavy (non-hydrogen) atoms. The first-order chi connectivity index (χ1) is 14.5. The third kappa shape index (κ3) is 3.30. The van der Waals surface area contributed by atoms with Gasteiger partial charge < -0.3 is 4.52 Å². The number of aromatic nitrogens is 3. The van der Waals surface area contributed by atoms with Crippen LogP contribution in [0.3, 0.4) is 0 Å². The van der Waals surface area contributed by atoms with E-state index in [0.29, 0.717) is 5.75 Å². The molecule has 1 aliphatic carbocycles. The van der Waals surface area contributed by atoms with Crippen molar-refractivity contribution in [1.29, 1.82) is 0 Å². The van der Waals surface area contributed by atoms with E-state index in [0.717, 1.165) is 57.3 Å². The molecule has 0 atom stereocenters. The molecule has 1 aliphatic rings. The standard InChI is InChI=1S/C23H23N3O2S2/c1-13-8-10-16(11-9-13)26-22(27)20-17-6-4-5-7-19(17)30-21(20)24-23(26)29-12-18-14(2)25-28-15(18)3/h8-11H,4-7,12H2,1-3H3. The molecule has 5 rings (SSSR count). The summed E-state index contributed by atoms with van der Waals surface area (Å²) in [6, 6.07) is 8.08. The van der Waals surface area contributed by atoms with Crippen LogP contribution in [-0.4, -0.2) is 14.7 Å². The van der Waals surface area contributed by atoms with Crippen molar-refractivity contribution in [3.8, 4) is 5.69 Å².